The number of nitrogens with two attached hydrogens (primary N) is 1. The van der Waals surface area contributed by atoms with Gasteiger partial charge in [-0.2, -0.15) is 0 Å². The number of aryl methyl sites for hydroxylation is 1. The third-order valence-electron chi connectivity index (χ3n) is 4.86. The largest absolute Gasteiger partial charge is 0.341 e. The van der Waals surface area contributed by atoms with E-state index in [0.29, 0.717) is 39.0 Å². The van der Waals surface area contributed by atoms with Crippen molar-refractivity contribution in [3.63, 3.8) is 0 Å². The molecule has 0 bridgehead atoms. The zero-order valence-corrected chi connectivity index (χ0v) is 16.8. The maximum Gasteiger partial charge on any atom is 0.242 e. The molecular formula is C20H32ClN3O2. The average Bonchev–Trinajstić information content (AvgIpc) is 2.86. The smallest absolute Gasteiger partial charge is 0.242 e. The molecule has 0 aromatic heterocycles. The van der Waals surface area contributed by atoms with Crippen molar-refractivity contribution < 1.29 is 9.59 Å². The average molecular weight is 382 g/mol. The molecule has 0 spiro atoms. The first-order chi connectivity index (χ1) is 11.9. The highest BCUT2D eigenvalue weighted by molar-refractivity contribution is 5.86. The molecule has 0 aliphatic carbocycles. The SMILES string of the molecule is CCCC(C)(N)C(=O)N1CCCN(C(=O)CCc2ccccc2)CC1.Cl. The van der Waals surface area contributed by atoms with Gasteiger partial charge < -0.3 is 15.5 Å². The first kappa shape index (κ1) is 22.5. The van der Waals surface area contributed by atoms with Crippen molar-refractivity contribution >= 4 is 24.2 Å². The molecule has 26 heavy (non-hydrogen) atoms. The van der Waals surface area contributed by atoms with Crippen molar-refractivity contribution in [1.82, 2.24) is 9.80 Å². The molecule has 1 unspecified atom stereocenters. The van der Waals surface area contributed by atoms with Crippen LogP contribution in [0.1, 0.15) is 45.1 Å². The van der Waals surface area contributed by atoms with E-state index in [-0.39, 0.29) is 24.2 Å². The lowest BCUT2D eigenvalue weighted by Crippen LogP contribution is -2.54. The van der Waals surface area contributed by atoms with Crippen LogP contribution >= 0.6 is 12.4 Å². The predicted molar refractivity (Wildman–Crippen MR) is 107 cm³/mol. The molecule has 5 nitrogen and oxygen atoms in total. The third-order valence-corrected chi connectivity index (χ3v) is 4.86. The minimum atomic E-state index is -0.804. The van der Waals surface area contributed by atoms with E-state index in [1.807, 2.05) is 54.0 Å². The van der Waals surface area contributed by atoms with Crippen LogP contribution < -0.4 is 5.73 Å². The lowest BCUT2D eigenvalue weighted by molar-refractivity contribution is -0.137. The minimum Gasteiger partial charge on any atom is -0.341 e. The quantitative estimate of drug-likeness (QED) is 0.823. The highest BCUT2D eigenvalue weighted by Crippen LogP contribution is 2.15. The molecular weight excluding hydrogens is 350 g/mol. The van der Waals surface area contributed by atoms with Crippen LogP contribution in [0, 0.1) is 0 Å². The highest BCUT2D eigenvalue weighted by atomic mass is 35.5. The molecule has 0 radical (unpaired) electrons. The van der Waals surface area contributed by atoms with Gasteiger partial charge in [-0.1, -0.05) is 43.7 Å². The van der Waals surface area contributed by atoms with Gasteiger partial charge in [0.2, 0.25) is 11.8 Å². The van der Waals surface area contributed by atoms with Gasteiger partial charge in [0.25, 0.3) is 0 Å². The van der Waals surface area contributed by atoms with Crippen LogP contribution in [0.15, 0.2) is 30.3 Å². The first-order valence-electron chi connectivity index (χ1n) is 9.34. The molecule has 1 atom stereocenters. The summed E-state index contributed by atoms with van der Waals surface area (Å²) >= 11 is 0. The molecule has 6 heteroatoms. The second kappa shape index (κ2) is 10.5. The lowest BCUT2D eigenvalue weighted by atomic mass is 9.95. The van der Waals surface area contributed by atoms with Gasteiger partial charge in [0.1, 0.15) is 0 Å². The molecule has 146 valence electrons. The van der Waals surface area contributed by atoms with Crippen LogP contribution in [0.5, 0.6) is 0 Å². The monoisotopic (exact) mass is 381 g/mol. The van der Waals surface area contributed by atoms with Crippen molar-refractivity contribution in [3.05, 3.63) is 35.9 Å². The van der Waals surface area contributed by atoms with Gasteiger partial charge >= 0.3 is 0 Å². The molecule has 1 saturated heterocycles. The number of amides is 2. The molecule has 1 fully saturated rings. The number of hydrogen-bond acceptors (Lipinski definition) is 3. The summed E-state index contributed by atoms with van der Waals surface area (Å²) < 4.78 is 0. The molecule has 1 aliphatic heterocycles. The van der Waals surface area contributed by atoms with Gasteiger partial charge in [0, 0.05) is 32.6 Å². The van der Waals surface area contributed by atoms with Gasteiger partial charge in [-0.25, -0.2) is 0 Å². The van der Waals surface area contributed by atoms with Gasteiger partial charge in [-0.05, 0) is 31.7 Å². The van der Waals surface area contributed by atoms with Crippen molar-refractivity contribution in [3.8, 4) is 0 Å². The van der Waals surface area contributed by atoms with Crippen LogP contribution in [-0.4, -0.2) is 53.3 Å². The van der Waals surface area contributed by atoms with Crippen LogP contribution in [0.4, 0.5) is 0 Å². The van der Waals surface area contributed by atoms with E-state index in [9.17, 15) is 9.59 Å². The summed E-state index contributed by atoms with van der Waals surface area (Å²) in [7, 11) is 0. The summed E-state index contributed by atoms with van der Waals surface area (Å²) in [6.45, 7) is 6.42. The Hall–Kier alpha value is -1.59. The Labute approximate surface area is 163 Å². The lowest BCUT2D eigenvalue weighted by Gasteiger charge is -2.31. The number of rotatable bonds is 6. The fourth-order valence-corrected chi connectivity index (χ4v) is 3.41. The van der Waals surface area contributed by atoms with E-state index in [0.717, 1.165) is 19.3 Å². The van der Waals surface area contributed by atoms with E-state index in [2.05, 4.69) is 0 Å². The molecule has 1 aromatic carbocycles. The Morgan fingerprint density at radius 1 is 1.08 bits per heavy atom. The number of benzene rings is 1. The van der Waals surface area contributed by atoms with Crippen molar-refractivity contribution in [2.75, 3.05) is 26.2 Å². The van der Waals surface area contributed by atoms with E-state index in [4.69, 9.17) is 5.73 Å². The predicted octanol–water partition coefficient (Wildman–Crippen LogP) is 2.62. The molecule has 0 saturated carbocycles. The number of carbonyl (C=O) groups excluding carboxylic acids is 2. The first-order valence-corrected chi connectivity index (χ1v) is 9.34. The number of carbonyl (C=O) groups is 2. The normalized spacial score (nSPS) is 17.0. The van der Waals surface area contributed by atoms with Gasteiger partial charge in [-0.3, -0.25) is 9.59 Å². The minimum absolute atomic E-state index is 0. The summed E-state index contributed by atoms with van der Waals surface area (Å²) in [5.74, 6) is 0.176. The third kappa shape index (κ3) is 6.29. The van der Waals surface area contributed by atoms with Gasteiger partial charge in [-0.15, -0.1) is 12.4 Å². The zero-order chi connectivity index (χ0) is 18.3. The second-order valence-corrected chi connectivity index (χ2v) is 7.18. The Bertz CT molecular complexity index is 578. The van der Waals surface area contributed by atoms with E-state index in [1.54, 1.807) is 0 Å². The summed E-state index contributed by atoms with van der Waals surface area (Å²) in [5, 5.41) is 0. The molecule has 1 heterocycles. The zero-order valence-electron chi connectivity index (χ0n) is 15.9. The van der Waals surface area contributed by atoms with E-state index < -0.39 is 5.54 Å². The van der Waals surface area contributed by atoms with Crippen LogP contribution in [-0.2, 0) is 16.0 Å². The summed E-state index contributed by atoms with van der Waals surface area (Å²) in [6, 6.07) is 10.1. The van der Waals surface area contributed by atoms with Crippen LogP contribution in [0.3, 0.4) is 0 Å². The van der Waals surface area contributed by atoms with Gasteiger partial charge in [0.05, 0.1) is 5.54 Å². The van der Waals surface area contributed by atoms with Crippen LogP contribution in [0.2, 0.25) is 0 Å². The van der Waals surface area contributed by atoms with Gasteiger partial charge in [0.15, 0.2) is 0 Å². The molecule has 2 rings (SSSR count). The van der Waals surface area contributed by atoms with E-state index in [1.165, 1.54) is 5.56 Å². The number of nitrogens with zero attached hydrogens (tertiary/aromatic N) is 2. The Kier molecular flexibility index (Phi) is 9.09. The highest BCUT2D eigenvalue weighted by Gasteiger charge is 2.33. The van der Waals surface area contributed by atoms with Crippen LogP contribution in [0.25, 0.3) is 0 Å². The fraction of sp³-hybridized carbons (Fsp3) is 0.600. The maximum absolute atomic E-state index is 12.6. The molecule has 1 aromatic rings. The molecule has 2 amide bonds. The summed E-state index contributed by atoms with van der Waals surface area (Å²) in [6.07, 6.45) is 3.66. The standard InChI is InChI=1S/C20H31N3O2.ClH/c1-3-12-20(2,21)19(25)23-14-7-13-22(15-16-23)18(24)11-10-17-8-5-4-6-9-17;/h4-6,8-9H,3,7,10-16,21H2,1-2H3;1H. The Morgan fingerprint density at radius 2 is 1.69 bits per heavy atom. The Balaban J connectivity index is 0.00000338. The Morgan fingerprint density at radius 3 is 2.35 bits per heavy atom. The van der Waals surface area contributed by atoms with E-state index >= 15 is 0 Å². The maximum atomic E-state index is 12.6. The topological polar surface area (TPSA) is 66.6 Å². The van der Waals surface area contributed by atoms with Crippen molar-refractivity contribution in [2.24, 2.45) is 5.73 Å². The number of halogens is 1. The summed E-state index contributed by atoms with van der Waals surface area (Å²) in [4.78, 5) is 28.9. The van der Waals surface area contributed by atoms with Crippen molar-refractivity contribution in [1.29, 1.82) is 0 Å². The number of hydrogen-bond donors (Lipinski definition) is 1. The molecule has 2 N–H and O–H groups in total. The molecule has 1 aliphatic rings. The second-order valence-electron chi connectivity index (χ2n) is 7.18. The summed E-state index contributed by atoms with van der Waals surface area (Å²) in [5.41, 5.74) is 6.56. The fourth-order valence-electron chi connectivity index (χ4n) is 3.41. The van der Waals surface area contributed by atoms with Crippen molar-refractivity contribution in [2.45, 2.75) is 51.5 Å².